The zero-order valence-electron chi connectivity index (χ0n) is 11.9. The molecule has 0 spiro atoms. The summed E-state index contributed by atoms with van der Waals surface area (Å²) in [6, 6.07) is 6.09. The molecule has 4 nitrogen and oxygen atoms in total. The molecule has 0 fully saturated rings. The number of nitrogens with one attached hydrogen (secondary N) is 1. The summed E-state index contributed by atoms with van der Waals surface area (Å²) in [7, 11) is 0. The van der Waals surface area contributed by atoms with Crippen LogP contribution in [0.1, 0.15) is 18.7 Å². The average molecular weight is 330 g/mol. The van der Waals surface area contributed by atoms with E-state index in [9.17, 15) is 9.18 Å². The first-order valence-electron chi connectivity index (χ1n) is 6.11. The summed E-state index contributed by atoms with van der Waals surface area (Å²) in [5.41, 5.74) is 6.31. The van der Waals surface area contributed by atoms with Crippen molar-refractivity contribution in [1.29, 1.82) is 0 Å². The van der Waals surface area contributed by atoms with Gasteiger partial charge in [0.2, 0.25) is 5.91 Å². The van der Waals surface area contributed by atoms with Gasteiger partial charge in [-0.15, -0.1) is 23.7 Å². The van der Waals surface area contributed by atoms with Crippen molar-refractivity contribution in [3.8, 4) is 11.3 Å². The zero-order chi connectivity index (χ0) is 14.9. The second-order valence-corrected chi connectivity index (χ2v) is 6.31. The molecule has 0 aliphatic heterocycles. The van der Waals surface area contributed by atoms with E-state index in [0.717, 1.165) is 16.1 Å². The molecule has 0 bridgehead atoms. The van der Waals surface area contributed by atoms with E-state index < -0.39 is 5.54 Å². The van der Waals surface area contributed by atoms with Crippen molar-refractivity contribution in [3.05, 3.63) is 35.0 Å². The van der Waals surface area contributed by atoms with Gasteiger partial charge < -0.3 is 11.1 Å². The number of halogens is 2. The number of aryl methyl sites for hydroxylation is 1. The number of anilines is 1. The number of amides is 1. The summed E-state index contributed by atoms with van der Waals surface area (Å²) < 4.78 is 12.9. The Bertz CT molecular complexity index is 635. The third-order valence-corrected chi connectivity index (χ3v) is 3.61. The van der Waals surface area contributed by atoms with Gasteiger partial charge in [0.1, 0.15) is 5.82 Å². The minimum Gasteiger partial charge on any atom is -0.318 e. The Morgan fingerprint density at radius 2 is 1.90 bits per heavy atom. The van der Waals surface area contributed by atoms with Crippen LogP contribution in [0.2, 0.25) is 0 Å². The van der Waals surface area contributed by atoms with Crippen molar-refractivity contribution < 1.29 is 9.18 Å². The molecular formula is C14H17ClFN3OS. The van der Waals surface area contributed by atoms with Gasteiger partial charge in [0, 0.05) is 10.4 Å². The summed E-state index contributed by atoms with van der Waals surface area (Å²) >= 11 is 1.37. The molecule has 0 atom stereocenters. The van der Waals surface area contributed by atoms with Crippen molar-refractivity contribution in [2.24, 2.45) is 5.73 Å². The lowest BCUT2D eigenvalue weighted by Crippen LogP contribution is -2.45. The molecule has 0 aliphatic carbocycles. The number of benzene rings is 1. The highest BCUT2D eigenvalue weighted by Gasteiger charge is 2.23. The first-order valence-corrected chi connectivity index (χ1v) is 6.93. The van der Waals surface area contributed by atoms with Gasteiger partial charge in [-0.3, -0.25) is 4.79 Å². The summed E-state index contributed by atoms with van der Waals surface area (Å²) in [5.74, 6) is -0.586. The predicted octanol–water partition coefficient (Wildman–Crippen LogP) is 3.36. The molecule has 7 heteroatoms. The Labute approximate surface area is 133 Å². The number of carbonyl (C=O) groups is 1. The van der Waals surface area contributed by atoms with Gasteiger partial charge in [0.15, 0.2) is 5.13 Å². The molecule has 0 aliphatic rings. The zero-order valence-corrected chi connectivity index (χ0v) is 13.6. The quantitative estimate of drug-likeness (QED) is 0.907. The number of nitrogens with two attached hydrogens (primary N) is 1. The van der Waals surface area contributed by atoms with Crippen LogP contribution >= 0.6 is 23.7 Å². The summed E-state index contributed by atoms with van der Waals surface area (Å²) in [4.78, 5) is 17.1. The van der Waals surface area contributed by atoms with Gasteiger partial charge in [0.25, 0.3) is 0 Å². The molecular weight excluding hydrogens is 313 g/mol. The summed E-state index contributed by atoms with van der Waals surface area (Å²) in [6.45, 7) is 5.16. The fourth-order valence-corrected chi connectivity index (χ4v) is 2.41. The Morgan fingerprint density at radius 1 is 1.33 bits per heavy atom. The number of nitrogens with zero attached hydrogens (tertiary/aromatic N) is 1. The number of hydrogen-bond acceptors (Lipinski definition) is 4. The van der Waals surface area contributed by atoms with Crippen LogP contribution in [0.25, 0.3) is 11.3 Å². The fraction of sp³-hybridized carbons (Fsp3) is 0.286. The van der Waals surface area contributed by atoms with Crippen LogP contribution < -0.4 is 11.1 Å². The van der Waals surface area contributed by atoms with Crippen molar-refractivity contribution in [3.63, 3.8) is 0 Å². The molecule has 114 valence electrons. The lowest BCUT2D eigenvalue weighted by molar-refractivity contribution is -0.120. The van der Waals surface area contributed by atoms with E-state index in [1.807, 2.05) is 6.92 Å². The van der Waals surface area contributed by atoms with Crippen LogP contribution in [0.4, 0.5) is 9.52 Å². The van der Waals surface area contributed by atoms with Crippen molar-refractivity contribution in [2.75, 3.05) is 5.32 Å². The molecule has 0 saturated heterocycles. The molecule has 1 heterocycles. The van der Waals surface area contributed by atoms with Gasteiger partial charge in [-0.1, -0.05) is 0 Å². The average Bonchev–Trinajstić information content (AvgIpc) is 2.70. The number of hydrogen-bond donors (Lipinski definition) is 2. The van der Waals surface area contributed by atoms with Crippen molar-refractivity contribution in [2.45, 2.75) is 26.3 Å². The van der Waals surface area contributed by atoms with Crippen molar-refractivity contribution in [1.82, 2.24) is 4.98 Å². The monoisotopic (exact) mass is 329 g/mol. The first kappa shape index (κ1) is 17.6. The SMILES string of the molecule is Cc1sc(NC(=O)C(C)(C)N)nc1-c1ccc(F)cc1.Cl. The first-order chi connectivity index (χ1) is 9.27. The van der Waals surface area contributed by atoms with Crippen LogP contribution in [0.5, 0.6) is 0 Å². The standard InChI is InChI=1S/C14H16FN3OS.ClH/c1-8-11(9-4-6-10(15)7-5-9)17-13(20-8)18-12(19)14(2,3)16;/h4-7H,16H2,1-3H3,(H,17,18,19);1H. The van der Waals surface area contributed by atoms with Gasteiger partial charge in [0.05, 0.1) is 11.2 Å². The molecule has 0 radical (unpaired) electrons. The second-order valence-electron chi connectivity index (χ2n) is 5.11. The Kier molecular flexibility index (Phi) is 5.44. The number of thiazole rings is 1. The highest BCUT2D eigenvalue weighted by Crippen LogP contribution is 2.30. The van der Waals surface area contributed by atoms with E-state index in [1.165, 1.54) is 23.5 Å². The third-order valence-electron chi connectivity index (χ3n) is 2.72. The van der Waals surface area contributed by atoms with E-state index in [-0.39, 0.29) is 24.1 Å². The smallest absolute Gasteiger partial charge is 0.245 e. The van der Waals surface area contributed by atoms with Gasteiger partial charge in [-0.2, -0.15) is 0 Å². The van der Waals surface area contributed by atoms with Crippen LogP contribution in [0.3, 0.4) is 0 Å². The molecule has 21 heavy (non-hydrogen) atoms. The molecule has 1 aromatic carbocycles. The highest BCUT2D eigenvalue weighted by atomic mass is 35.5. The second kappa shape index (κ2) is 6.51. The third kappa shape index (κ3) is 4.23. The van der Waals surface area contributed by atoms with E-state index >= 15 is 0 Å². The molecule has 0 saturated carbocycles. The molecule has 1 amide bonds. The van der Waals surface area contributed by atoms with Gasteiger partial charge >= 0.3 is 0 Å². The summed E-state index contributed by atoms with van der Waals surface area (Å²) in [6.07, 6.45) is 0. The van der Waals surface area contributed by atoms with Crippen LogP contribution in [0.15, 0.2) is 24.3 Å². The van der Waals surface area contributed by atoms with Crippen LogP contribution in [-0.2, 0) is 4.79 Å². The maximum absolute atomic E-state index is 12.9. The number of aromatic nitrogens is 1. The van der Waals surface area contributed by atoms with E-state index in [0.29, 0.717) is 5.13 Å². The normalized spacial score (nSPS) is 10.9. The van der Waals surface area contributed by atoms with Crippen LogP contribution in [-0.4, -0.2) is 16.4 Å². The fourth-order valence-electron chi connectivity index (χ4n) is 1.58. The Hall–Kier alpha value is -1.50. The maximum Gasteiger partial charge on any atom is 0.245 e. The van der Waals surface area contributed by atoms with E-state index in [1.54, 1.807) is 26.0 Å². The van der Waals surface area contributed by atoms with Gasteiger partial charge in [-0.25, -0.2) is 9.37 Å². The lowest BCUT2D eigenvalue weighted by Gasteiger charge is -2.16. The predicted molar refractivity (Wildman–Crippen MR) is 86.4 cm³/mol. The van der Waals surface area contributed by atoms with Crippen LogP contribution in [0, 0.1) is 12.7 Å². The molecule has 0 unspecified atom stereocenters. The number of carbonyl (C=O) groups excluding carboxylic acids is 1. The topological polar surface area (TPSA) is 68.0 Å². The highest BCUT2D eigenvalue weighted by molar-refractivity contribution is 7.16. The molecule has 3 N–H and O–H groups in total. The largest absolute Gasteiger partial charge is 0.318 e. The molecule has 1 aromatic heterocycles. The number of rotatable bonds is 3. The summed E-state index contributed by atoms with van der Waals surface area (Å²) in [5, 5.41) is 3.18. The molecule has 2 aromatic rings. The Morgan fingerprint density at radius 3 is 2.43 bits per heavy atom. The van der Waals surface area contributed by atoms with E-state index in [4.69, 9.17) is 5.73 Å². The molecule has 2 rings (SSSR count). The van der Waals surface area contributed by atoms with Crippen molar-refractivity contribution >= 4 is 34.8 Å². The van der Waals surface area contributed by atoms with Gasteiger partial charge in [-0.05, 0) is 45.0 Å². The Balaban J connectivity index is 0.00000220. The maximum atomic E-state index is 12.9. The van der Waals surface area contributed by atoms with E-state index in [2.05, 4.69) is 10.3 Å². The minimum absolute atomic E-state index is 0. The minimum atomic E-state index is -0.963. The lowest BCUT2D eigenvalue weighted by atomic mass is 10.1.